The molecule has 0 saturated heterocycles. The Bertz CT molecular complexity index is 811. The molecule has 2 aromatic rings. The number of amides is 1. The van der Waals surface area contributed by atoms with Gasteiger partial charge in [0.05, 0.1) is 22.6 Å². The van der Waals surface area contributed by atoms with E-state index in [1.165, 1.54) is 24.9 Å². The number of hydrogen-bond donors (Lipinski definition) is 1. The second kappa shape index (κ2) is 7.55. The molecule has 1 amide bonds. The van der Waals surface area contributed by atoms with Crippen LogP contribution in [0, 0.1) is 17.0 Å². The Morgan fingerprint density at radius 1 is 1.33 bits per heavy atom. The summed E-state index contributed by atoms with van der Waals surface area (Å²) in [6.45, 7) is 1.80. The van der Waals surface area contributed by atoms with Crippen LogP contribution < -0.4 is 10.1 Å². The molecule has 2 aromatic carbocycles. The van der Waals surface area contributed by atoms with Gasteiger partial charge in [0.25, 0.3) is 11.6 Å². The number of hydrogen-bond acceptors (Lipinski definition) is 5. The zero-order valence-corrected chi connectivity index (χ0v) is 14.8. The molecule has 8 heteroatoms. The van der Waals surface area contributed by atoms with Gasteiger partial charge in [-0.25, -0.2) is 0 Å². The molecule has 0 fully saturated rings. The van der Waals surface area contributed by atoms with Crippen LogP contribution in [-0.4, -0.2) is 24.2 Å². The summed E-state index contributed by atoms with van der Waals surface area (Å²) in [5.41, 5.74) is 1.31. The summed E-state index contributed by atoms with van der Waals surface area (Å²) in [6.07, 6.45) is 1.74. The number of rotatable bonds is 5. The molecule has 0 saturated carbocycles. The largest absolute Gasteiger partial charge is 0.495 e. The minimum absolute atomic E-state index is 0.102. The van der Waals surface area contributed by atoms with Gasteiger partial charge < -0.3 is 10.1 Å². The smallest absolute Gasteiger partial charge is 0.283 e. The van der Waals surface area contributed by atoms with Gasteiger partial charge in [0, 0.05) is 22.7 Å². The molecule has 1 N–H and O–H groups in total. The summed E-state index contributed by atoms with van der Waals surface area (Å²) in [5.74, 6) is -0.0556. The SMILES string of the molecule is COc1cc(Cl)c(C)cc1NC(=O)c1ccc(SC)c([N+](=O)[O-])c1. The Balaban J connectivity index is 2.35. The number of ether oxygens (including phenoxy) is 1. The molecule has 2 rings (SSSR count). The van der Waals surface area contributed by atoms with E-state index in [0.717, 1.165) is 5.56 Å². The number of nitrogens with one attached hydrogen (secondary N) is 1. The van der Waals surface area contributed by atoms with E-state index < -0.39 is 10.8 Å². The number of nitrogens with zero attached hydrogens (tertiary/aromatic N) is 1. The van der Waals surface area contributed by atoms with Crippen molar-refractivity contribution in [2.24, 2.45) is 0 Å². The van der Waals surface area contributed by atoms with Crippen LogP contribution in [0.25, 0.3) is 0 Å². The highest BCUT2D eigenvalue weighted by Crippen LogP contribution is 2.32. The van der Waals surface area contributed by atoms with Crippen molar-refractivity contribution in [3.63, 3.8) is 0 Å². The van der Waals surface area contributed by atoms with Crippen molar-refractivity contribution in [1.82, 2.24) is 0 Å². The van der Waals surface area contributed by atoms with E-state index in [-0.39, 0.29) is 11.3 Å². The lowest BCUT2D eigenvalue weighted by atomic mass is 10.1. The van der Waals surface area contributed by atoms with E-state index in [1.807, 2.05) is 0 Å². The Hall–Kier alpha value is -2.25. The average molecular weight is 367 g/mol. The Morgan fingerprint density at radius 2 is 2.04 bits per heavy atom. The summed E-state index contributed by atoms with van der Waals surface area (Å²) in [5, 5.41) is 14.3. The van der Waals surface area contributed by atoms with Crippen LogP contribution in [-0.2, 0) is 0 Å². The van der Waals surface area contributed by atoms with Gasteiger partial charge in [0.1, 0.15) is 5.75 Å². The van der Waals surface area contributed by atoms with Crippen molar-refractivity contribution in [3.8, 4) is 5.75 Å². The second-order valence-corrected chi connectivity index (χ2v) is 6.15. The molecule has 0 atom stereocenters. The first-order chi connectivity index (χ1) is 11.4. The standard InChI is InChI=1S/C16H15ClN2O4S/c1-9-6-12(14(23-2)8-11(9)17)18-16(20)10-4-5-15(24-3)13(7-10)19(21)22/h4-8H,1-3H3,(H,18,20). The van der Waals surface area contributed by atoms with E-state index >= 15 is 0 Å². The normalized spacial score (nSPS) is 10.3. The summed E-state index contributed by atoms with van der Waals surface area (Å²) >= 11 is 7.29. The number of halogens is 1. The lowest BCUT2D eigenvalue weighted by Gasteiger charge is -2.12. The number of methoxy groups -OCH3 is 1. The highest BCUT2D eigenvalue weighted by Gasteiger charge is 2.18. The molecule has 24 heavy (non-hydrogen) atoms. The minimum Gasteiger partial charge on any atom is -0.495 e. The number of carbonyl (C=O) groups excluding carboxylic acids is 1. The number of carbonyl (C=O) groups is 1. The van der Waals surface area contributed by atoms with Crippen LogP contribution >= 0.6 is 23.4 Å². The number of benzene rings is 2. The molecule has 0 aliphatic rings. The fraction of sp³-hybridized carbons (Fsp3) is 0.188. The van der Waals surface area contributed by atoms with Crippen LogP contribution in [0.5, 0.6) is 5.75 Å². The van der Waals surface area contributed by atoms with Gasteiger partial charge in [-0.2, -0.15) is 0 Å². The zero-order chi connectivity index (χ0) is 17.9. The summed E-state index contributed by atoms with van der Waals surface area (Å²) in [6, 6.07) is 7.65. The van der Waals surface area contributed by atoms with Gasteiger partial charge in [-0.15, -0.1) is 11.8 Å². The predicted molar refractivity (Wildman–Crippen MR) is 95.6 cm³/mol. The zero-order valence-electron chi connectivity index (χ0n) is 13.3. The van der Waals surface area contributed by atoms with E-state index in [4.69, 9.17) is 16.3 Å². The molecule has 0 heterocycles. The monoisotopic (exact) mass is 366 g/mol. The van der Waals surface area contributed by atoms with Crippen molar-refractivity contribution in [2.45, 2.75) is 11.8 Å². The Kier molecular flexibility index (Phi) is 5.69. The summed E-state index contributed by atoms with van der Waals surface area (Å²) < 4.78 is 5.21. The lowest BCUT2D eigenvalue weighted by molar-refractivity contribution is -0.387. The van der Waals surface area contributed by atoms with Gasteiger partial charge in [-0.1, -0.05) is 11.6 Å². The van der Waals surface area contributed by atoms with Gasteiger partial charge in [-0.05, 0) is 36.9 Å². The quantitative estimate of drug-likeness (QED) is 0.477. The van der Waals surface area contributed by atoms with Gasteiger partial charge >= 0.3 is 0 Å². The van der Waals surface area contributed by atoms with Crippen LogP contribution in [0.3, 0.4) is 0 Å². The van der Waals surface area contributed by atoms with Crippen LogP contribution in [0.15, 0.2) is 35.2 Å². The maximum absolute atomic E-state index is 12.4. The first-order valence-electron chi connectivity index (χ1n) is 6.85. The van der Waals surface area contributed by atoms with Gasteiger partial charge in [0.15, 0.2) is 0 Å². The Morgan fingerprint density at radius 3 is 2.62 bits per heavy atom. The van der Waals surface area contributed by atoms with Crippen LogP contribution in [0.1, 0.15) is 15.9 Å². The van der Waals surface area contributed by atoms with E-state index in [1.54, 1.807) is 37.4 Å². The molecule has 0 unspecified atom stereocenters. The van der Waals surface area contributed by atoms with Crippen molar-refractivity contribution in [3.05, 3.63) is 56.6 Å². The highest BCUT2D eigenvalue weighted by molar-refractivity contribution is 7.98. The molecule has 0 aliphatic carbocycles. The number of anilines is 1. The average Bonchev–Trinajstić information content (AvgIpc) is 2.57. The molecular weight excluding hydrogens is 352 g/mol. The van der Waals surface area contributed by atoms with Crippen molar-refractivity contribution >= 4 is 40.6 Å². The van der Waals surface area contributed by atoms with Crippen LogP contribution in [0.2, 0.25) is 5.02 Å². The molecule has 0 aliphatic heterocycles. The highest BCUT2D eigenvalue weighted by atomic mass is 35.5. The third-order valence-electron chi connectivity index (χ3n) is 3.37. The van der Waals surface area contributed by atoms with Crippen LogP contribution in [0.4, 0.5) is 11.4 Å². The molecule has 0 spiro atoms. The summed E-state index contributed by atoms with van der Waals surface area (Å²) in [7, 11) is 1.47. The second-order valence-electron chi connectivity index (χ2n) is 4.90. The van der Waals surface area contributed by atoms with Gasteiger partial charge in [-0.3, -0.25) is 14.9 Å². The van der Waals surface area contributed by atoms with E-state index in [2.05, 4.69) is 5.32 Å². The third-order valence-corrected chi connectivity index (χ3v) is 4.56. The molecule has 126 valence electrons. The first kappa shape index (κ1) is 18.1. The molecular formula is C16H15ClN2O4S. The fourth-order valence-corrected chi connectivity index (χ4v) is 2.80. The van der Waals surface area contributed by atoms with Gasteiger partial charge in [0.2, 0.25) is 0 Å². The van der Waals surface area contributed by atoms with Crippen molar-refractivity contribution in [2.75, 3.05) is 18.7 Å². The van der Waals surface area contributed by atoms with Crippen molar-refractivity contribution in [1.29, 1.82) is 0 Å². The maximum atomic E-state index is 12.4. The topological polar surface area (TPSA) is 81.5 Å². The molecule has 0 aromatic heterocycles. The number of nitro groups is 1. The first-order valence-corrected chi connectivity index (χ1v) is 8.45. The fourth-order valence-electron chi connectivity index (χ4n) is 2.10. The van der Waals surface area contributed by atoms with E-state index in [0.29, 0.717) is 21.4 Å². The third kappa shape index (κ3) is 3.80. The maximum Gasteiger partial charge on any atom is 0.283 e. The number of aryl methyl sites for hydroxylation is 1. The minimum atomic E-state index is -0.504. The number of thioether (sulfide) groups is 1. The molecule has 6 nitrogen and oxygen atoms in total. The molecule has 0 radical (unpaired) electrons. The summed E-state index contributed by atoms with van der Waals surface area (Å²) in [4.78, 5) is 23.5. The number of nitro benzene ring substituents is 1. The lowest BCUT2D eigenvalue weighted by Crippen LogP contribution is -2.13. The Labute approximate surface area is 148 Å². The van der Waals surface area contributed by atoms with Crippen molar-refractivity contribution < 1.29 is 14.5 Å². The van der Waals surface area contributed by atoms with E-state index in [9.17, 15) is 14.9 Å². The predicted octanol–water partition coefficient (Wildman–Crippen LogP) is 4.54. The molecule has 0 bridgehead atoms.